The first-order chi connectivity index (χ1) is 16.7. The van der Waals surface area contributed by atoms with E-state index in [-0.39, 0.29) is 50.4 Å². The predicted octanol–water partition coefficient (Wildman–Crippen LogP) is 5.93. The second-order valence-corrected chi connectivity index (χ2v) is 9.67. The van der Waals surface area contributed by atoms with Gasteiger partial charge in [-0.05, 0) is 34.1 Å². The first kappa shape index (κ1) is 25.7. The highest BCUT2D eigenvalue weighted by Gasteiger charge is 2.20. The van der Waals surface area contributed by atoms with Gasteiger partial charge in [0.1, 0.15) is 10.8 Å². The second-order valence-electron chi connectivity index (χ2n) is 7.11. The van der Waals surface area contributed by atoms with Crippen LogP contribution in [0.4, 0.5) is 16.2 Å². The molecule has 2 heterocycles. The molecule has 35 heavy (non-hydrogen) atoms. The standard InChI is InChI=1S/C21H16Br2Cl2FN5O4/c22-11-6-13(24)18(33)15(7-11)35-19-12(23)5-10(17(32)16(19)25)8-28-30-21-27-9-14(26)20(29-21)31-1-3-34-4-2-31/h5-9,32-33H,1-4H2,(H,27,29,30)/b28-8-. The molecule has 0 aliphatic carbocycles. The molecule has 2 aromatic carbocycles. The lowest BCUT2D eigenvalue weighted by atomic mass is 10.2. The molecule has 3 N–H and O–H groups in total. The summed E-state index contributed by atoms with van der Waals surface area (Å²) in [7, 11) is 0. The van der Waals surface area contributed by atoms with Crippen LogP contribution in [0, 0.1) is 5.82 Å². The van der Waals surface area contributed by atoms with Crippen LogP contribution in [-0.2, 0) is 4.74 Å². The van der Waals surface area contributed by atoms with Crippen molar-refractivity contribution in [3.8, 4) is 23.0 Å². The highest BCUT2D eigenvalue weighted by atomic mass is 79.9. The quantitative estimate of drug-likeness (QED) is 0.222. The number of halogens is 5. The highest BCUT2D eigenvalue weighted by molar-refractivity contribution is 9.10. The zero-order chi connectivity index (χ0) is 25.1. The van der Waals surface area contributed by atoms with Gasteiger partial charge in [-0.3, -0.25) is 0 Å². The predicted molar refractivity (Wildman–Crippen MR) is 138 cm³/mol. The van der Waals surface area contributed by atoms with Crippen LogP contribution in [0.1, 0.15) is 5.56 Å². The number of hydrogen-bond donors (Lipinski definition) is 3. The number of aromatic hydroxyl groups is 2. The maximum atomic E-state index is 14.2. The van der Waals surface area contributed by atoms with E-state index < -0.39 is 5.82 Å². The number of hydrogen-bond acceptors (Lipinski definition) is 9. The maximum Gasteiger partial charge on any atom is 0.245 e. The summed E-state index contributed by atoms with van der Waals surface area (Å²) in [5.74, 6) is -0.881. The van der Waals surface area contributed by atoms with E-state index in [2.05, 4.69) is 52.4 Å². The molecule has 1 aromatic heterocycles. The van der Waals surface area contributed by atoms with Crippen molar-refractivity contribution >= 4 is 73.0 Å². The Labute approximate surface area is 225 Å². The molecule has 1 aliphatic rings. The van der Waals surface area contributed by atoms with E-state index in [0.29, 0.717) is 35.2 Å². The van der Waals surface area contributed by atoms with E-state index in [1.165, 1.54) is 24.4 Å². The minimum Gasteiger partial charge on any atom is -0.506 e. The number of phenolic OH excluding ortho intramolecular Hbond substituents is 2. The summed E-state index contributed by atoms with van der Waals surface area (Å²) < 4.78 is 26.1. The number of nitrogens with one attached hydrogen (secondary N) is 1. The molecule has 0 radical (unpaired) electrons. The van der Waals surface area contributed by atoms with Crippen molar-refractivity contribution in [3.05, 3.63) is 54.8 Å². The summed E-state index contributed by atoms with van der Waals surface area (Å²) in [5, 5.41) is 24.7. The highest BCUT2D eigenvalue weighted by Crippen LogP contribution is 2.46. The minimum atomic E-state index is -0.553. The minimum absolute atomic E-state index is 0.0268. The van der Waals surface area contributed by atoms with Crippen LogP contribution < -0.4 is 15.1 Å². The summed E-state index contributed by atoms with van der Waals surface area (Å²) in [4.78, 5) is 9.81. The van der Waals surface area contributed by atoms with Gasteiger partial charge in [0.15, 0.2) is 28.9 Å². The van der Waals surface area contributed by atoms with Crippen molar-refractivity contribution in [1.29, 1.82) is 0 Å². The summed E-state index contributed by atoms with van der Waals surface area (Å²) in [5.41, 5.74) is 2.84. The number of ether oxygens (including phenoxy) is 2. The third kappa shape index (κ3) is 5.89. The van der Waals surface area contributed by atoms with Crippen LogP contribution in [0.15, 0.2) is 38.4 Å². The maximum absolute atomic E-state index is 14.2. The zero-order valence-electron chi connectivity index (χ0n) is 17.6. The molecule has 0 unspecified atom stereocenters. The Morgan fingerprint density at radius 2 is 1.91 bits per heavy atom. The van der Waals surface area contributed by atoms with Crippen LogP contribution >= 0.6 is 55.1 Å². The fourth-order valence-electron chi connectivity index (χ4n) is 3.10. The number of nitrogens with zero attached hydrogens (tertiary/aromatic N) is 4. The van der Waals surface area contributed by atoms with Crippen LogP contribution in [0.5, 0.6) is 23.0 Å². The smallest absolute Gasteiger partial charge is 0.245 e. The van der Waals surface area contributed by atoms with E-state index in [1.807, 2.05) is 0 Å². The van der Waals surface area contributed by atoms with Crippen molar-refractivity contribution in [2.75, 3.05) is 36.6 Å². The SMILES string of the molecule is Oc1c(Cl)cc(Br)cc1Oc1c(Br)cc(/C=N\Nc2ncc(F)c(N3CCOCC3)n2)c(O)c1Cl. The first-order valence-corrected chi connectivity index (χ1v) is 12.3. The molecule has 0 atom stereocenters. The summed E-state index contributed by atoms with van der Waals surface area (Å²) >= 11 is 18.9. The molecule has 3 aromatic rings. The van der Waals surface area contributed by atoms with Gasteiger partial charge < -0.3 is 24.6 Å². The molecular formula is C21H16Br2Cl2FN5O4. The van der Waals surface area contributed by atoms with Gasteiger partial charge in [-0.15, -0.1) is 0 Å². The van der Waals surface area contributed by atoms with E-state index in [9.17, 15) is 14.6 Å². The van der Waals surface area contributed by atoms with E-state index in [0.717, 1.165) is 6.20 Å². The summed E-state index contributed by atoms with van der Waals surface area (Å²) in [6.07, 6.45) is 2.33. The monoisotopic (exact) mass is 649 g/mol. The molecule has 184 valence electrons. The lowest BCUT2D eigenvalue weighted by Crippen LogP contribution is -2.37. The summed E-state index contributed by atoms with van der Waals surface area (Å²) in [6.45, 7) is 1.98. The molecule has 9 nitrogen and oxygen atoms in total. The number of phenols is 2. The Bertz CT molecular complexity index is 1300. The average Bonchev–Trinajstić information content (AvgIpc) is 2.84. The van der Waals surface area contributed by atoms with Gasteiger partial charge >= 0.3 is 0 Å². The number of rotatable bonds is 6. The fraction of sp³-hybridized carbons (Fsp3) is 0.190. The van der Waals surface area contributed by atoms with E-state index >= 15 is 0 Å². The van der Waals surface area contributed by atoms with Gasteiger partial charge in [-0.25, -0.2) is 14.8 Å². The van der Waals surface area contributed by atoms with Gasteiger partial charge in [0.2, 0.25) is 5.95 Å². The normalized spacial score (nSPS) is 13.9. The largest absolute Gasteiger partial charge is 0.506 e. The lowest BCUT2D eigenvalue weighted by molar-refractivity contribution is 0.122. The van der Waals surface area contributed by atoms with Crippen LogP contribution in [0.3, 0.4) is 0 Å². The Morgan fingerprint density at radius 3 is 2.66 bits per heavy atom. The van der Waals surface area contributed by atoms with Gasteiger partial charge in [-0.2, -0.15) is 10.1 Å². The van der Waals surface area contributed by atoms with Gasteiger partial charge in [0, 0.05) is 23.1 Å². The van der Waals surface area contributed by atoms with E-state index in [1.54, 1.807) is 4.90 Å². The van der Waals surface area contributed by atoms with Gasteiger partial charge in [0.25, 0.3) is 0 Å². The van der Waals surface area contributed by atoms with Crippen LogP contribution in [-0.4, -0.2) is 52.7 Å². The number of hydrazone groups is 1. The molecule has 1 aliphatic heterocycles. The Hall–Kier alpha value is -2.38. The second kappa shape index (κ2) is 11.1. The van der Waals surface area contributed by atoms with Crippen molar-refractivity contribution in [2.45, 2.75) is 0 Å². The van der Waals surface area contributed by atoms with Gasteiger partial charge in [-0.1, -0.05) is 39.1 Å². The molecule has 1 fully saturated rings. The molecule has 0 bridgehead atoms. The van der Waals surface area contributed by atoms with Crippen molar-refractivity contribution in [3.63, 3.8) is 0 Å². The fourth-order valence-corrected chi connectivity index (χ4v) is 4.77. The first-order valence-electron chi connectivity index (χ1n) is 9.95. The van der Waals surface area contributed by atoms with E-state index in [4.69, 9.17) is 32.7 Å². The van der Waals surface area contributed by atoms with Crippen LogP contribution in [0.25, 0.3) is 0 Å². The summed E-state index contributed by atoms with van der Waals surface area (Å²) in [6, 6.07) is 4.50. The Morgan fingerprint density at radius 1 is 1.17 bits per heavy atom. The number of benzene rings is 2. The topological polar surface area (TPSA) is 112 Å². The Balaban J connectivity index is 1.53. The molecule has 0 spiro atoms. The molecule has 14 heteroatoms. The average molecular weight is 652 g/mol. The van der Waals surface area contributed by atoms with Gasteiger partial charge in [0.05, 0.1) is 35.1 Å². The molecular weight excluding hydrogens is 636 g/mol. The Kier molecular flexibility index (Phi) is 8.17. The molecule has 0 amide bonds. The van der Waals surface area contributed by atoms with Crippen LogP contribution in [0.2, 0.25) is 10.0 Å². The van der Waals surface area contributed by atoms with Crippen molar-refractivity contribution < 1.29 is 24.1 Å². The molecule has 0 saturated carbocycles. The number of aromatic nitrogens is 2. The van der Waals surface area contributed by atoms with Crippen molar-refractivity contribution in [1.82, 2.24) is 9.97 Å². The number of morpholine rings is 1. The molecule has 4 rings (SSSR count). The zero-order valence-corrected chi connectivity index (χ0v) is 22.3. The lowest BCUT2D eigenvalue weighted by Gasteiger charge is -2.27. The van der Waals surface area contributed by atoms with Crippen molar-refractivity contribution in [2.24, 2.45) is 5.10 Å². The third-order valence-corrected chi connectivity index (χ3v) is 6.48. The number of anilines is 2. The third-order valence-electron chi connectivity index (χ3n) is 4.79. The molecule has 1 saturated heterocycles.